The highest BCUT2D eigenvalue weighted by Gasteiger charge is 2.03. The molecule has 0 bridgehead atoms. The Morgan fingerprint density at radius 2 is 1.62 bits per heavy atom. The summed E-state index contributed by atoms with van der Waals surface area (Å²) in [7, 11) is 0. The molecule has 0 saturated carbocycles. The molecule has 0 amide bonds. The van der Waals surface area contributed by atoms with Crippen molar-refractivity contribution in [3.05, 3.63) is 53.6 Å². The van der Waals surface area contributed by atoms with Gasteiger partial charge in [-0.05, 0) is 30.3 Å². The highest BCUT2D eigenvalue weighted by molar-refractivity contribution is 6.31. The predicted molar refractivity (Wildman–Crippen MR) is 63.9 cm³/mol. The van der Waals surface area contributed by atoms with Crippen LogP contribution >= 0.6 is 11.6 Å². The summed E-state index contributed by atoms with van der Waals surface area (Å²) in [5.41, 5.74) is 2.58. The average molecular weight is 230 g/mol. The Bertz CT molecular complexity index is 631. The fourth-order valence-electron chi connectivity index (χ4n) is 1.56. The molecular weight excluding hydrogens is 222 g/mol. The average Bonchev–Trinajstić information content (AvgIpc) is 2.73. The largest absolute Gasteiger partial charge is 0.150 e. The third kappa shape index (κ3) is 1.55. The molecule has 0 aliphatic heterocycles. The smallest absolute Gasteiger partial charge is 0.115 e. The van der Waals surface area contributed by atoms with E-state index >= 15 is 0 Å². The molecule has 0 aliphatic rings. The summed E-state index contributed by atoms with van der Waals surface area (Å²) < 4.78 is 0. The minimum absolute atomic E-state index is 0.674. The van der Waals surface area contributed by atoms with Crippen molar-refractivity contribution in [3.63, 3.8) is 0 Å². The number of benzene rings is 2. The van der Waals surface area contributed by atoms with E-state index in [4.69, 9.17) is 11.6 Å². The van der Waals surface area contributed by atoms with Gasteiger partial charge in [-0.3, -0.25) is 0 Å². The van der Waals surface area contributed by atoms with Gasteiger partial charge in [0.15, 0.2) is 0 Å². The molecule has 0 aliphatic carbocycles. The first-order chi connectivity index (χ1) is 7.83. The highest BCUT2D eigenvalue weighted by atomic mass is 35.5. The normalized spacial score (nSPS) is 10.8. The lowest BCUT2D eigenvalue weighted by molar-refractivity contribution is 0.766. The van der Waals surface area contributed by atoms with Gasteiger partial charge in [-0.1, -0.05) is 29.8 Å². The van der Waals surface area contributed by atoms with Gasteiger partial charge >= 0.3 is 0 Å². The molecular formula is C12H8ClN3. The quantitative estimate of drug-likeness (QED) is 0.642. The Labute approximate surface area is 97.3 Å². The molecule has 0 radical (unpaired) electrons. The molecule has 78 valence electrons. The highest BCUT2D eigenvalue weighted by Crippen LogP contribution is 2.17. The maximum absolute atomic E-state index is 5.90. The second-order valence-corrected chi connectivity index (χ2v) is 3.89. The van der Waals surface area contributed by atoms with E-state index in [-0.39, 0.29) is 0 Å². The molecule has 3 aromatic rings. The fraction of sp³-hybridized carbons (Fsp3) is 0. The lowest BCUT2D eigenvalue weighted by Crippen LogP contribution is -1.97. The molecule has 16 heavy (non-hydrogen) atoms. The van der Waals surface area contributed by atoms with E-state index in [0.717, 1.165) is 16.7 Å². The second kappa shape index (κ2) is 3.61. The van der Waals surface area contributed by atoms with Crippen LogP contribution in [-0.4, -0.2) is 15.0 Å². The third-order valence-corrected chi connectivity index (χ3v) is 2.56. The monoisotopic (exact) mass is 229 g/mol. The molecule has 0 unspecified atom stereocenters. The number of hydrogen-bond donors (Lipinski definition) is 0. The summed E-state index contributed by atoms with van der Waals surface area (Å²) in [6.07, 6.45) is 0. The topological polar surface area (TPSA) is 30.7 Å². The van der Waals surface area contributed by atoms with E-state index in [1.807, 2.05) is 48.5 Å². The van der Waals surface area contributed by atoms with Crippen molar-refractivity contribution in [2.45, 2.75) is 0 Å². The minimum atomic E-state index is 0.674. The van der Waals surface area contributed by atoms with Gasteiger partial charge in [-0.25, -0.2) is 0 Å². The Kier molecular flexibility index (Phi) is 2.11. The Hall–Kier alpha value is -1.87. The van der Waals surface area contributed by atoms with Crippen molar-refractivity contribution < 1.29 is 0 Å². The van der Waals surface area contributed by atoms with Gasteiger partial charge in [-0.15, -0.1) is 10.2 Å². The van der Waals surface area contributed by atoms with Crippen molar-refractivity contribution in [2.24, 2.45) is 0 Å². The van der Waals surface area contributed by atoms with Gasteiger partial charge in [0.1, 0.15) is 11.0 Å². The van der Waals surface area contributed by atoms with Crippen molar-refractivity contribution >= 4 is 22.6 Å². The summed E-state index contributed by atoms with van der Waals surface area (Å²) in [6, 6.07) is 15.3. The maximum Gasteiger partial charge on any atom is 0.115 e. The zero-order chi connectivity index (χ0) is 11.0. The maximum atomic E-state index is 5.90. The van der Waals surface area contributed by atoms with Crippen LogP contribution in [0.25, 0.3) is 16.7 Å². The number of para-hydroxylation sites is 1. The molecule has 0 fully saturated rings. The predicted octanol–water partition coefficient (Wildman–Crippen LogP) is 3.07. The van der Waals surface area contributed by atoms with Crippen molar-refractivity contribution in [1.29, 1.82) is 0 Å². The first-order valence-corrected chi connectivity index (χ1v) is 5.29. The third-order valence-electron chi connectivity index (χ3n) is 2.33. The number of fused-ring (bicyclic) bond motifs is 1. The summed E-state index contributed by atoms with van der Waals surface area (Å²) in [4.78, 5) is 1.61. The van der Waals surface area contributed by atoms with Gasteiger partial charge < -0.3 is 0 Å². The number of aromatic nitrogens is 3. The molecule has 3 nitrogen and oxygen atoms in total. The lowest BCUT2D eigenvalue weighted by atomic mass is 10.3. The van der Waals surface area contributed by atoms with Crippen LogP contribution in [0.5, 0.6) is 0 Å². The summed E-state index contributed by atoms with van der Waals surface area (Å²) in [6.45, 7) is 0. The Morgan fingerprint density at radius 1 is 0.875 bits per heavy atom. The Morgan fingerprint density at radius 3 is 2.44 bits per heavy atom. The summed E-state index contributed by atoms with van der Waals surface area (Å²) in [5, 5.41) is 9.41. The van der Waals surface area contributed by atoms with Crippen LogP contribution in [0.4, 0.5) is 0 Å². The van der Waals surface area contributed by atoms with Crippen LogP contribution < -0.4 is 0 Å². The molecule has 3 rings (SSSR count). The summed E-state index contributed by atoms with van der Waals surface area (Å²) in [5.74, 6) is 0. The van der Waals surface area contributed by atoms with E-state index in [2.05, 4.69) is 10.2 Å². The van der Waals surface area contributed by atoms with Gasteiger partial charge in [-0.2, -0.15) is 4.80 Å². The van der Waals surface area contributed by atoms with E-state index < -0.39 is 0 Å². The molecule has 1 heterocycles. The molecule has 0 saturated heterocycles. The van der Waals surface area contributed by atoms with Crippen LogP contribution in [0, 0.1) is 0 Å². The van der Waals surface area contributed by atoms with Crippen LogP contribution in [0.15, 0.2) is 48.5 Å². The number of hydrogen-bond acceptors (Lipinski definition) is 2. The Balaban J connectivity index is 2.19. The fourth-order valence-corrected chi connectivity index (χ4v) is 1.73. The SMILES string of the molecule is Clc1ccc2nn(-c3ccccc3)nc2c1. The van der Waals surface area contributed by atoms with Crippen molar-refractivity contribution in [2.75, 3.05) is 0 Å². The number of nitrogens with zero attached hydrogens (tertiary/aromatic N) is 3. The molecule has 0 N–H and O–H groups in total. The van der Waals surface area contributed by atoms with E-state index in [9.17, 15) is 0 Å². The van der Waals surface area contributed by atoms with Crippen LogP contribution in [0.2, 0.25) is 5.02 Å². The minimum Gasteiger partial charge on any atom is -0.150 e. The van der Waals surface area contributed by atoms with E-state index in [0.29, 0.717) is 5.02 Å². The second-order valence-electron chi connectivity index (χ2n) is 3.46. The van der Waals surface area contributed by atoms with Gasteiger partial charge in [0.2, 0.25) is 0 Å². The zero-order valence-electron chi connectivity index (χ0n) is 8.34. The molecule has 1 aromatic heterocycles. The zero-order valence-corrected chi connectivity index (χ0v) is 9.09. The molecule has 4 heteroatoms. The first-order valence-electron chi connectivity index (χ1n) is 4.91. The van der Waals surface area contributed by atoms with Crippen molar-refractivity contribution in [1.82, 2.24) is 15.0 Å². The lowest BCUT2D eigenvalue weighted by Gasteiger charge is -1.96. The number of halogens is 1. The van der Waals surface area contributed by atoms with Crippen LogP contribution in [0.1, 0.15) is 0 Å². The van der Waals surface area contributed by atoms with E-state index in [1.54, 1.807) is 4.80 Å². The molecule has 0 spiro atoms. The summed E-state index contributed by atoms with van der Waals surface area (Å²) >= 11 is 5.90. The standard InChI is InChI=1S/C12H8ClN3/c13-9-6-7-11-12(8-9)15-16(14-11)10-4-2-1-3-5-10/h1-8H. The van der Waals surface area contributed by atoms with Gasteiger partial charge in [0, 0.05) is 5.02 Å². The van der Waals surface area contributed by atoms with Crippen molar-refractivity contribution in [3.8, 4) is 5.69 Å². The first kappa shape index (κ1) is 9.36. The molecule has 2 aromatic carbocycles. The van der Waals surface area contributed by atoms with Crippen LogP contribution in [-0.2, 0) is 0 Å². The van der Waals surface area contributed by atoms with Gasteiger partial charge in [0.25, 0.3) is 0 Å². The molecule has 0 atom stereocenters. The van der Waals surface area contributed by atoms with Crippen LogP contribution in [0.3, 0.4) is 0 Å². The number of rotatable bonds is 1. The van der Waals surface area contributed by atoms with E-state index in [1.165, 1.54) is 0 Å². The van der Waals surface area contributed by atoms with Gasteiger partial charge in [0.05, 0.1) is 5.69 Å².